The standard InChI is InChI=1S/C21H21F3N4O4S/c1-20(31-2,21(22,23)24)11-7-14(17-25-5-6-33-17)16-15(8-11)26-18(32-16)27-9-12-3-4-13(10-27)28(12)19(29)30/h5-8,12-13H,3-4,9-10H2,1-2H3,(H,29,30). The highest BCUT2D eigenvalue weighted by atomic mass is 32.1. The van der Waals surface area contributed by atoms with Crippen molar-refractivity contribution in [3.63, 3.8) is 0 Å². The second-order valence-corrected chi connectivity index (χ2v) is 9.32. The largest absolute Gasteiger partial charge is 0.465 e. The van der Waals surface area contributed by atoms with Gasteiger partial charge in [-0.25, -0.2) is 9.78 Å². The number of hydrogen-bond donors (Lipinski definition) is 1. The van der Waals surface area contributed by atoms with E-state index >= 15 is 0 Å². The van der Waals surface area contributed by atoms with Crippen molar-refractivity contribution in [2.24, 2.45) is 0 Å². The van der Waals surface area contributed by atoms with Gasteiger partial charge in [-0.2, -0.15) is 18.2 Å². The number of halogens is 3. The Labute approximate surface area is 190 Å². The average molecular weight is 482 g/mol. The van der Waals surface area contributed by atoms with Gasteiger partial charge in [0.2, 0.25) is 0 Å². The highest BCUT2D eigenvalue weighted by molar-refractivity contribution is 7.13. The summed E-state index contributed by atoms with van der Waals surface area (Å²) in [6, 6.07) is 2.63. The Kier molecular flexibility index (Phi) is 5.05. The maximum atomic E-state index is 13.9. The van der Waals surface area contributed by atoms with Crippen molar-refractivity contribution in [1.29, 1.82) is 0 Å². The molecule has 3 atom stereocenters. The van der Waals surface area contributed by atoms with Crippen LogP contribution in [0.15, 0.2) is 28.1 Å². The molecule has 2 fully saturated rings. The van der Waals surface area contributed by atoms with Crippen LogP contribution in [-0.2, 0) is 10.3 Å². The van der Waals surface area contributed by atoms with Crippen LogP contribution in [0.2, 0.25) is 0 Å². The van der Waals surface area contributed by atoms with Gasteiger partial charge in [0.25, 0.3) is 6.01 Å². The minimum atomic E-state index is -4.66. The van der Waals surface area contributed by atoms with Gasteiger partial charge in [0.05, 0.1) is 17.6 Å². The van der Waals surface area contributed by atoms with E-state index in [-0.39, 0.29) is 29.2 Å². The van der Waals surface area contributed by atoms with Gasteiger partial charge in [0.1, 0.15) is 10.5 Å². The summed E-state index contributed by atoms with van der Waals surface area (Å²) in [6.45, 7) is 1.80. The lowest BCUT2D eigenvalue weighted by Crippen LogP contribution is -2.55. The molecule has 1 N–H and O–H groups in total. The number of methoxy groups -OCH3 is 1. The third-order valence-corrected chi connectivity index (χ3v) is 7.42. The molecule has 12 heteroatoms. The van der Waals surface area contributed by atoms with E-state index in [0.717, 1.165) is 26.9 Å². The zero-order valence-corrected chi connectivity index (χ0v) is 18.6. The lowest BCUT2D eigenvalue weighted by Gasteiger charge is -2.38. The summed E-state index contributed by atoms with van der Waals surface area (Å²) in [5.74, 6) is 0. The Bertz CT molecular complexity index is 1180. The SMILES string of the molecule is COC(C)(c1cc(-c2nccs2)c2oc(N3CC4CCC(C3)N4C(=O)O)nc2c1)C(F)(F)F. The van der Waals surface area contributed by atoms with E-state index in [2.05, 4.69) is 9.97 Å². The average Bonchev–Trinajstić information content (AvgIpc) is 3.49. The number of alkyl halides is 3. The number of ether oxygens (including phenoxy) is 1. The monoisotopic (exact) mass is 482 g/mol. The first-order valence-corrected chi connectivity index (χ1v) is 11.2. The van der Waals surface area contributed by atoms with Crippen molar-refractivity contribution in [2.45, 2.75) is 43.6 Å². The summed E-state index contributed by atoms with van der Waals surface area (Å²) in [5.41, 5.74) is -1.66. The van der Waals surface area contributed by atoms with Gasteiger partial charge >= 0.3 is 12.3 Å². The zero-order chi connectivity index (χ0) is 23.5. The minimum absolute atomic E-state index is 0.106. The van der Waals surface area contributed by atoms with Crippen LogP contribution in [0.25, 0.3) is 21.7 Å². The van der Waals surface area contributed by atoms with Crippen LogP contribution in [-0.4, -0.2) is 64.5 Å². The topological polar surface area (TPSA) is 91.9 Å². The van der Waals surface area contributed by atoms with Crippen LogP contribution in [0.4, 0.5) is 24.0 Å². The number of amides is 1. The molecule has 2 aliphatic rings. The van der Waals surface area contributed by atoms with Gasteiger partial charge in [-0.3, -0.25) is 4.90 Å². The van der Waals surface area contributed by atoms with Crippen LogP contribution >= 0.6 is 11.3 Å². The molecule has 0 aliphatic carbocycles. The number of oxazole rings is 1. The number of piperazine rings is 1. The number of carboxylic acid groups (broad SMARTS) is 1. The molecule has 176 valence electrons. The first kappa shape index (κ1) is 22.0. The minimum Gasteiger partial charge on any atom is -0.465 e. The van der Waals surface area contributed by atoms with Crippen molar-refractivity contribution in [3.05, 3.63) is 29.3 Å². The highest BCUT2D eigenvalue weighted by Gasteiger charge is 2.53. The first-order valence-electron chi connectivity index (χ1n) is 10.4. The Morgan fingerprint density at radius 2 is 1.97 bits per heavy atom. The molecule has 2 bridgehead atoms. The molecule has 1 amide bonds. The smallest absolute Gasteiger partial charge is 0.421 e. The van der Waals surface area contributed by atoms with E-state index in [1.54, 1.807) is 11.6 Å². The molecule has 3 aromatic rings. The number of thiazole rings is 1. The molecule has 5 rings (SSSR count). The van der Waals surface area contributed by atoms with Gasteiger partial charge in [-0.05, 0) is 37.5 Å². The maximum Gasteiger partial charge on any atom is 0.421 e. The number of hydrogen-bond acceptors (Lipinski definition) is 7. The fraction of sp³-hybridized carbons (Fsp3) is 0.476. The zero-order valence-electron chi connectivity index (χ0n) is 17.8. The van der Waals surface area contributed by atoms with Gasteiger partial charge < -0.3 is 19.2 Å². The van der Waals surface area contributed by atoms with Crippen molar-refractivity contribution in [2.75, 3.05) is 25.1 Å². The number of fused-ring (bicyclic) bond motifs is 3. The number of benzene rings is 1. The molecule has 3 unspecified atom stereocenters. The Morgan fingerprint density at radius 1 is 1.27 bits per heavy atom. The van der Waals surface area contributed by atoms with Gasteiger partial charge in [0.15, 0.2) is 11.2 Å². The van der Waals surface area contributed by atoms with Crippen molar-refractivity contribution >= 4 is 34.5 Å². The molecule has 0 radical (unpaired) electrons. The van der Waals surface area contributed by atoms with E-state index in [9.17, 15) is 23.1 Å². The molecule has 4 heterocycles. The van der Waals surface area contributed by atoms with Crippen molar-refractivity contribution in [1.82, 2.24) is 14.9 Å². The third-order valence-electron chi connectivity index (χ3n) is 6.62. The lowest BCUT2D eigenvalue weighted by molar-refractivity contribution is -0.269. The number of carbonyl (C=O) groups is 1. The van der Waals surface area contributed by atoms with Crippen LogP contribution in [0.5, 0.6) is 0 Å². The predicted octanol–water partition coefficient (Wildman–Crippen LogP) is 4.71. The fourth-order valence-corrected chi connectivity index (χ4v) is 5.37. The van der Waals surface area contributed by atoms with E-state index in [4.69, 9.17) is 9.15 Å². The summed E-state index contributed by atoms with van der Waals surface area (Å²) >= 11 is 1.28. The van der Waals surface area contributed by atoms with E-state index < -0.39 is 17.9 Å². The number of anilines is 1. The number of aromatic nitrogens is 2. The molecule has 2 aliphatic heterocycles. The molecule has 0 saturated carbocycles. The number of rotatable bonds is 4. The molecule has 33 heavy (non-hydrogen) atoms. The second kappa shape index (κ2) is 7.59. The van der Waals surface area contributed by atoms with E-state index in [1.165, 1.54) is 28.4 Å². The summed E-state index contributed by atoms with van der Waals surface area (Å²) in [5, 5.41) is 11.7. The Hall–Kier alpha value is -2.86. The molecule has 1 aromatic carbocycles. The van der Waals surface area contributed by atoms with Crippen LogP contribution in [0.3, 0.4) is 0 Å². The van der Waals surface area contributed by atoms with Gasteiger partial charge in [-0.15, -0.1) is 11.3 Å². The summed E-state index contributed by atoms with van der Waals surface area (Å²) in [6.07, 6.45) is -2.53. The molecule has 2 aromatic heterocycles. The summed E-state index contributed by atoms with van der Waals surface area (Å²) in [4.78, 5) is 23.7. The first-order chi connectivity index (χ1) is 15.6. The number of nitrogens with zero attached hydrogens (tertiary/aromatic N) is 4. The lowest BCUT2D eigenvalue weighted by atomic mass is 9.93. The second-order valence-electron chi connectivity index (χ2n) is 8.42. The Balaban J connectivity index is 1.61. The van der Waals surface area contributed by atoms with Crippen molar-refractivity contribution in [3.8, 4) is 10.6 Å². The van der Waals surface area contributed by atoms with Crippen LogP contribution in [0.1, 0.15) is 25.3 Å². The Morgan fingerprint density at radius 3 is 2.52 bits per heavy atom. The predicted molar refractivity (Wildman–Crippen MR) is 114 cm³/mol. The molecule has 8 nitrogen and oxygen atoms in total. The van der Waals surface area contributed by atoms with E-state index in [0.29, 0.717) is 29.2 Å². The molecule has 0 spiro atoms. The maximum absolute atomic E-state index is 13.9. The van der Waals surface area contributed by atoms with Crippen LogP contribution in [0, 0.1) is 0 Å². The molecule has 2 saturated heterocycles. The third kappa shape index (κ3) is 3.43. The van der Waals surface area contributed by atoms with Gasteiger partial charge in [0, 0.05) is 31.8 Å². The van der Waals surface area contributed by atoms with Gasteiger partial charge in [-0.1, -0.05) is 0 Å². The highest BCUT2D eigenvalue weighted by Crippen LogP contribution is 2.45. The van der Waals surface area contributed by atoms with E-state index in [1.807, 2.05) is 4.90 Å². The normalized spacial score (nSPS) is 22.7. The quantitative estimate of drug-likeness (QED) is 0.576. The summed E-state index contributed by atoms with van der Waals surface area (Å²) < 4.78 is 52.7. The molecular formula is C21H21F3N4O4S. The summed E-state index contributed by atoms with van der Waals surface area (Å²) in [7, 11) is 1.02. The molecular weight excluding hydrogens is 461 g/mol. The van der Waals surface area contributed by atoms with Crippen LogP contribution < -0.4 is 4.90 Å². The van der Waals surface area contributed by atoms with Crippen molar-refractivity contribution < 1.29 is 32.2 Å². The fourth-order valence-electron chi connectivity index (χ4n) is 4.72.